The van der Waals surface area contributed by atoms with Crippen LogP contribution >= 0.6 is 18.9 Å². The standard InChI is InChI=1S/C21H16P.C20H24NO.C9H12.3Ar.ClH.Ru/c1-14-10-11-15-6-2-4-8-17(15)20(14)21-18-9-5-3-7-16(18)12-13-19(21)22;1-14(2)16(4)20(21,17-8-6-15(3)7-9-17)18-10-12-19(22-5)13-11-18;1-7-4-8(2)6-9(3)5-7;;;;;/h2-13H,1,22H2;6-8,10-14,16,21H,4H2,1-3,5H3;4-6H,1-3H3;;;;1H;/q-1;-3;;;;;;+1/p-1/t;16-,20?;;;;;;/m.0....../s1. The number of aryl methyl sites for hydroxylation is 4. The molecule has 0 aliphatic carbocycles. The van der Waals surface area contributed by atoms with Crippen LogP contribution in [0.5, 0.6) is 5.75 Å². The first-order valence-corrected chi connectivity index (χ1v) is 21.2. The van der Waals surface area contributed by atoms with Crippen molar-refractivity contribution < 1.29 is 135 Å². The molecule has 0 aliphatic heterocycles. The molecule has 0 bridgehead atoms. The monoisotopic (exact) mass is 970 g/mol. The zero-order valence-electron chi connectivity index (χ0n) is 34.0. The van der Waals surface area contributed by atoms with E-state index in [1.807, 2.05) is 66.7 Å². The van der Waals surface area contributed by atoms with Crippen molar-refractivity contribution in [1.29, 1.82) is 0 Å². The maximum atomic E-state index is 9.20. The molecular weight excluding hydrogens is 918 g/mol. The molecule has 7 aromatic carbocycles. The summed E-state index contributed by atoms with van der Waals surface area (Å²) in [5.74, 6) is 0.998. The fourth-order valence-corrected chi connectivity index (χ4v) is 7.45. The normalized spacial score (nSPS) is 11.7. The number of hydrogen-bond acceptors (Lipinski definition) is 1. The van der Waals surface area contributed by atoms with E-state index in [0.29, 0.717) is 0 Å². The van der Waals surface area contributed by atoms with Crippen molar-refractivity contribution in [2.24, 2.45) is 11.8 Å². The van der Waals surface area contributed by atoms with Gasteiger partial charge in [-0.2, -0.15) is 59.9 Å². The Morgan fingerprint density at radius 1 is 0.672 bits per heavy atom. The summed E-state index contributed by atoms with van der Waals surface area (Å²) in [6.07, 6.45) is 0. The average Bonchev–Trinajstić information content (AvgIpc) is 3.18. The quantitative estimate of drug-likeness (QED) is 0.0929. The van der Waals surface area contributed by atoms with E-state index in [1.54, 1.807) is 7.11 Å². The number of benzene rings is 7. The molecule has 58 heavy (non-hydrogen) atoms. The topological polar surface area (TPSA) is 33.0 Å². The molecule has 0 fully saturated rings. The van der Waals surface area contributed by atoms with Crippen LogP contribution in [0.4, 0.5) is 0 Å². The molecule has 0 radical (unpaired) electrons. The van der Waals surface area contributed by atoms with E-state index < -0.39 is 5.54 Å². The average molecular weight is 970 g/mol. The molecular formula is C50H52Ar3ClNOPRu-4. The first kappa shape index (κ1) is 55.8. The zero-order chi connectivity index (χ0) is 40.3. The number of hydrogen-bond donors (Lipinski definition) is 0. The van der Waals surface area contributed by atoms with E-state index in [4.69, 9.17) is 4.74 Å². The van der Waals surface area contributed by atoms with Crippen LogP contribution in [0.1, 0.15) is 52.8 Å². The second-order valence-electron chi connectivity index (χ2n) is 14.4. The maximum absolute atomic E-state index is 9.20. The number of halogens is 1. The summed E-state index contributed by atoms with van der Waals surface area (Å²) in [5, 5.41) is 6.25. The molecule has 7 rings (SSSR count). The Kier molecular flexibility index (Phi) is 26.1. The van der Waals surface area contributed by atoms with Gasteiger partial charge in [-0.05, 0) is 54.4 Å². The van der Waals surface area contributed by atoms with Crippen molar-refractivity contribution in [1.82, 2.24) is 0 Å². The Balaban J connectivity index is 0.000000445. The van der Waals surface area contributed by atoms with E-state index in [-0.39, 0.29) is 125 Å². The van der Waals surface area contributed by atoms with E-state index in [1.165, 1.54) is 54.7 Å². The van der Waals surface area contributed by atoms with Crippen molar-refractivity contribution in [3.63, 3.8) is 0 Å². The molecule has 0 spiro atoms. The van der Waals surface area contributed by atoms with E-state index in [0.717, 1.165) is 28.0 Å². The van der Waals surface area contributed by atoms with Gasteiger partial charge < -0.3 is 17.4 Å². The van der Waals surface area contributed by atoms with Crippen molar-refractivity contribution >= 4 is 45.8 Å². The first-order valence-electron chi connectivity index (χ1n) is 18.3. The van der Waals surface area contributed by atoms with Crippen LogP contribution in [-0.2, 0) is 22.9 Å². The molecule has 7 aromatic rings. The van der Waals surface area contributed by atoms with Gasteiger partial charge in [0, 0.05) is 113 Å². The molecule has 0 saturated carbocycles. The van der Waals surface area contributed by atoms with Gasteiger partial charge in [0.2, 0.25) is 0 Å². The number of rotatable bonds is 6. The number of nitrogens with one attached hydrogen (secondary N) is 1. The van der Waals surface area contributed by atoms with Crippen LogP contribution in [0.3, 0.4) is 0 Å². The third kappa shape index (κ3) is 14.4. The Morgan fingerprint density at radius 3 is 1.62 bits per heavy atom. The minimum atomic E-state index is -0.922. The second-order valence-corrected chi connectivity index (χ2v) is 15.0. The van der Waals surface area contributed by atoms with Crippen LogP contribution in [0.15, 0.2) is 133 Å². The van der Waals surface area contributed by atoms with Gasteiger partial charge in [0.05, 0.1) is 7.11 Å². The van der Waals surface area contributed by atoms with E-state index in [9.17, 15) is 5.73 Å². The fraction of sp³-hybridized carbons (Fsp3) is 0.200. The molecule has 1 N–H and O–H groups in total. The molecule has 0 aromatic heterocycles. The minimum absolute atomic E-state index is 0. The van der Waals surface area contributed by atoms with Crippen LogP contribution in [-0.4, -0.2) is 7.11 Å². The van der Waals surface area contributed by atoms with Gasteiger partial charge in [0.15, 0.2) is 0 Å². The van der Waals surface area contributed by atoms with Crippen LogP contribution in [0.2, 0.25) is 0 Å². The number of methoxy groups -OCH3 is 1. The Morgan fingerprint density at radius 2 is 1.16 bits per heavy atom. The summed E-state index contributed by atoms with van der Waals surface area (Å²) in [7, 11) is 9.09. The van der Waals surface area contributed by atoms with Crippen molar-refractivity contribution in [3.8, 4) is 16.9 Å². The van der Waals surface area contributed by atoms with Gasteiger partial charge >= 0.3 is 27.0 Å². The molecule has 2 nitrogen and oxygen atoms in total. The number of fused-ring (bicyclic) bond motifs is 2. The summed E-state index contributed by atoms with van der Waals surface area (Å²) in [5.41, 5.74) is 18.8. The summed E-state index contributed by atoms with van der Waals surface area (Å²) < 4.78 is 5.23. The van der Waals surface area contributed by atoms with Gasteiger partial charge in [-0.25, -0.2) is 0 Å². The first-order chi connectivity index (χ1) is 26.3. The molecule has 8 heteroatoms. The Hall–Kier alpha value is -0.187. The predicted octanol–water partition coefficient (Wildman–Crippen LogP) is 13.8. The number of ether oxygens (including phenoxy) is 1. The van der Waals surface area contributed by atoms with Crippen LogP contribution in [0.25, 0.3) is 38.4 Å². The molecule has 0 aliphatic rings. The fourth-order valence-electron chi connectivity index (χ4n) is 7.05. The van der Waals surface area contributed by atoms with Gasteiger partial charge in [-0.3, -0.25) is 0 Å². The molecule has 0 heterocycles. The van der Waals surface area contributed by atoms with Gasteiger partial charge in [0.25, 0.3) is 0 Å². The summed E-state index contributed by atoms with van der Waals surface area (Å²) in [6.45, 7) is 21.2. The summed E-state index contributed by atoms with van der Waals surface area (Å²) >= 11 is 1.82. The molecule has 311 valence electrons. The van der Waals surface area contributed by atoms with E-state index >= 15 is 0 Å². The van der Waals surface area contributed by atoms with Gasteiger partial charge in [0.1, 0.15) is 5.75 Å². The third-order valence-electron chi connectivity index (χ3n) is 9.89. The van der Waals surface area contributed by atoms with Crippen LogP contribution < -0.4 is 10.0 Å². The SMILES string of the molecule is Cc1cc(C)cc(C)c1.[Ar].[Ar].[Ar].[CH2-][C@@H](C(C)C)C([NH-])(c1[c-]cc(C)cc1)c1ccc(OC)cc1.[CH2-]c1ccc2ccccc2c1-c1c(P)ccc2ccccc12.[Cl][Ru]. The Bertz CT molecular complexity index is 2190. The molecule has 0 saturated heterocycles. The second kappa shape index (κ2) is 27.1. The van der Waals surface area contributed by atoms with Crippen molar-refractivity contribution in [2.75, 3.05) is 7.11 Å². The van der Waals surface area contributed by atoms with Gasteiger partial charge in [-0.15, -0.1) is 26.4 Å². The summed E-state index contributed by atoms with van der Waals surface area (Å²) in [6, 6.07) is 49.2. The van der Waals surface area contributed by atoms with Crippen molar-refractivity contribution in [3.05, 3.63) is 198 Å². The Labute approximate surface area is 455 Å². The third-order valence-corrected chi connectivity index (χ3v) is 10.4. The van der Waals surface area contributed by atoms with Crippen LogP contribution in [0, 0.1) is 173 Å². The molecule has 0 amide bonds. The van der Waals surface area contributed by atoms with Gasteiger partial charge in [-0.1, -0.05) is 151 Å². The predicted molar refractivity (Wildman–Crippen MR) is 239 cm³/mol. The molecule has 3 atom stereocenters. The van der Waals surface area contributed by atoms with Crippen molar-refractivity contribution in [2.45, 2.75) is 47.1 Å². The zero-order valence-corrected chi connectivity index (χ0v) is 39.8. The molecule has 2 unspecified atom stereocenters. The van der Waals surface area contributed by atoms with E-state index in [2.05, 4.69) is 164 Å². The summed E-state index contributed by atoms with van der Waals surface area (Å²) in [4.78, 5) is 0.